The second kappa shape index (κ2) is 7.87. The minimum Gasteiger partial charge on any atom is -0.364 e. The highest BCUT2D eigenvalue weighted by Gasteiger charge is 2.23. The average Bonchev–Trinajstić information content (AvgIpc) is 3.22. The fourth-order valence-electron chi connectivity index (χ4n) is 2.29. The molecule has 3 rings (SSSR count). The lowest BCUT2D eigenvalue weighted by Gasteiger charge is -2.09. The van der Waals surface area contributed by atoms with E-state index in [-0.39, 0.29) is 17.3 Å². The van der Waals surface area contributed by atoms with Gasteiger partial charge in [0.15, 0.2) is 5.13 Å². The van der Waals surface area contributed by atoms with E-state index in [1.165, 1.54) is 17.7 Å². The third-order valence-corrected chi connectivity index (χ3v) is 4.69. The third kappa shape index (κ3) is 4.11. The quantitative estimate of drug-likeness (QED) is 0.350. The van der Waals surface area contributed by atoms with Crippen molar-refractivity contribution in [3.63, 3.8) is 0 Å². The van der Waals surface area contributed by atoms with Gasteiger partial charge in [-0.3, -0.25) is 10.1 Å². The predicted molar refractivity (Wildman–Crippen MR) is 98.9 cm³/mol. The molecule has 0 aromatic carbocycles. The largest absolute Gasteiger partial charge is 0.364 e. The molecule has 0 spiro atoms. The summed E-state index contributed by atoms with van der Waals surface area (Å²) in [6.45, 7) is 5.12. The van der Waals surface area contributed by atoms with Crippen molar-refractivity contribution in [1.82, 2.24) is 24.5 Å². The fourth-order valence-corrected chi connectivity index (χ4v) is 3.10. The Morgan fingerprint density at radius 1 is 1.31 bits per heavy atom. The van der Waals surface area contributed by atoms with E-state index in [4.69, 9.17) is 0 Å². The number of nitrogens with one attached hydrogen (secondary N) is 2. The molecule has 0 unspecified atom stereocenters. The number of nitrogens with zero attached hydrogens (tertiary/aromatic N) is 6. The van der Waals surface area contributed by atoms with Crippen molar-refractivity contribution in [2.75, 3.05) is 17.2 Å². The second-order valence-electron chi connectivity index (χ2n) is 5.54. The monoisotopic (exact) mass is 374 g/mol. The highest BCUT2D eigenvalue weighted by Crippen LogP contribution is 2.32. The van der Waals surface area contributed by atoms with Crippen molar-refractivity contribution >= 4 is 33.8 Å². The molecule has 136 valence electrons. The van der Waals surface area contributed by atoms with Crippen LogP contribution in [-0.4, -0.2) is 36.0 Å². The number of aryl methyl sites for hydroxylation is 3. The van der Waals surface area contributed by atoms with Gasteiger partial charge in [-0.25, -0.2) is 19.9 Å². The summed E-state index contributed by atoms with van der Waals surface area (Å²) in [7, 11) is 0. The molecule has 11 heteroatoms. The van der Waals surface area contributed by atoms with Gasteiger partial charge >= 0.3 is 5.69 Å². The lowest BCUT2D eigenvalue weighted by molar-refractivity contribution is -0.383. The number of imidazole rings is 1. The molecule has 0 fully saturated rings. The van der Waals surface area contributed by atoms with Crippen LogP contribution in [0.1, 0.15) is 17.0 Å². The molecule has 0 aliphatic rings. The minimum absolute atomic E-state index is 0.121. The molecule has 10 nitrogen and oxygen atoms in total. The van der Waals surface area contributed by atoms with Gasteiger partial charge in [-0.05, 0) is 20.3 Å². The van der Waals surface area contributed by atoms with Crippen LogP contribution in [0.5, 0.6) is 0 Å². The van der Waals surface area contributed by atoms with Crippen molar-refractivity contribution < 1.29 is 4.92 Å². The number of anilines is 3. The lowest BCUT2D eigenvalue weighted by Crippen LogP contribution is -2.10. The highest BCUT2D eigenvalue weighted by atomic mass is 32.1. The first kappa shape index (κ1) is 17.7. The second-order valence-corrected chi connectivity index (χ2v) is 6.75. The number of hydrogen-bond donors (Lipinski definition) is 2. The Morgan fingerprint density at radius 3 is 2.77 bits per heavy atom. The van der Waals surface area contributed by atoms with Crippen molar-refractivity contribution in [2.24, 2.45) is 0 Å². The molecular formula is C15H18N8O2S. The molecule has 3 heterocycles. The van der Waals surface area contributed by atoms with Crippen LogP contribution in [0.15, 0.2) is 25.0 Å². The number of nitro groups is 1. The Bertz CT molecular complexity index is 874. The van der Waals surface area contributed by atoms with Crippen LogP contribution < -0.4 is 10.6 Å². The van der Waals surface area contributed by atoms with E-state index < -0.39 is 4.92 Å². The zero-order chi connectivity index (χ0) is 18.5. The van der Waals surface area contributed by atoms with Crippen LogP contribution in [0.2, 0.25) is 0 Å². The third-order valence-electron chi connectivity index (χ3n) is 3.70. The average molecular weight is 374 g/mol. The van der Waals surface area contributed by atoms with Gasteiger partial charge in [0.25, 0.3) is 0 Å². The molecule has 0 bridgehead atoms. The molecule has 3 aromatic rings. The van der Waals surface area contributed by atoms with E-state index in [0.717, 1.165) is 23.5 Å². The standard InChI is InChI=1S/C15H18N8O2S/c1-10-11(2)26-15(20-10)21-14-12(23(24)25)13(18-8-19-14)17-4-3-6-22-7-5-16-9-22/h5,7-9H,3-4,6H2,1-2H3,(H2,17,18,19,20,21). The summed E-state index contributed by atoms with van der Waals surface area (Å²) in [5.41, 5.74) is 0.688. The molecule has 26 heavy (non-hydrogen) atoms. The maximum atomic E-state index is 11.5. The summed E-state index contributed by atoms with van der Waals surface area (Å²) in [6.07, 6.45) is 7.37. The first-order valence-electron chi connectivity index (χ1n) is 7.94. The van der Waals surface area contributed by atoms with Crippen LogP contribution in [0, 0.1) is 24.0 Å². The van der Waals surface area contributed by atoms with Crippen molar-refractivity contribution in [3.05, 3.63) is 45.7 Å². The van der Waals surface area contributed by atoms with Crippen molar-refractivity contribution in [2.45, 2.75) is 26.8 Å². The molecule has 0 atom stereocenters. The van der Waals surface area contributed by atoms with E-state index in [1.807, 2.05) is 24.6 Å². The van der Waals surface area contributed by atoms with Crippen LogP contribution in [-0.2, 0) is 6.54 Å². The summed E-state index contributed by atoms with van der Waals surface area (Å²) >= 11 is 1.42. The Balaban J connectivity index is 1.71. The summed E-state index contributed by atoms with van der Waals surface area (Å²) < 4.78 is 1.94. The van der Waals surface area contributed by atoms with Gasteiger partial charge in [-0.2, -0.15) is 0 Å². The number of thiazole rings is 1. The van der Waals surface area contributed by atoms with Gasteiger partial charge in [-0.1, -0.05) is 0 Å². The number of rotatable bonds is 8. The summed E-state index contributed by atoms with van der Waals surface area (Å²) in [6, 6.07) is 0. The Morgan fingerprint density at radius 2 is 2.12 bits per heavy atom. The van der Waals surface area contributed by atoms with Gasteiger partial charge in [0.1, 0.15) is 6.33 Å². The Hall–Kier alpha value is -3.08. The normalized spacial score (nSPS) is 10.7. The predicted octanol–water partition coefficient (Wildman–Crippen LogP) is 2.90. The Labute approximate surface area is 153 Å². The molecule has 0 saturated carbocycles. The zero-order valence-electron chi connectivity index (χ0n) is 14.3. The minimum atomic E-state index is -0.492. The summed E-state index contributed by atoms with van der Waals surface area (Å²) in [4.78, 5) is 28.4. The van der Waals surface area contributed by atoms with E-state index >= 15 is 0 Å². The first-order valence-corrected chi connectivity index (χ1v) is 8.76. The molecule has 3 aromatic heterocycles. The smallest absolute Gasteiger partial charge is 0.353 e. The maximum Gasteiger partial charge on any atom is 0.353 e. The van der Waals surface area contributed by atoms with Crippen molar-refractivity contribution in [1.29, 1.82) is 0 Å². The molecule has 0 amide bonds. The summed E-state index contributed by atoms with van der Waals surface area (Å²) in [5.74, 6) is 0.305. The number of hydrogen-bond acceptors (Lipinski definition) is 9. The van der Waals surface area contributed by atoms with Crippen LogP contribution in [0.4, 0.5) is 22.5 Å². The first-order chi connectivity index (χ1) is 12.5. The number of aromatic nitrogens is 5. The van der Waals surface area contributed by atoms with Crippen molar-refractivity contribution in [3.8, 4) is 0 Å². The van der Waals surface area contributed by atoms with Gasteiger partial charge in [0.05, 0.1) is 16.9 Å². The SMILES string of the molecule is Cc1nc(Nc2ncnc(NCCCn3ccnc3)c2[N+](=O)[O-])sc1C. The Kier molecular flexibility index (Phi) is 5.37. The van der Waals surface area contributed by atoms with E-state index in [1.54, 1.807) is 12.5 Å². The van der Waals surface area contributed by atoms with Crippen LogP contribution in [0.25, 0.3) is 0 Å². The van der Waals surface area contributed by atoms with Gasteiger partial charge in [0.2, 0.25) is 11.6 Å². The topological polar surface area (TPSA) is 124 Å². The molecule has 2 N–H and O–H groups in total. The highest BCUT2D eigenvalue weighted by molar-refractivity contribution is 7.15. The van der Waals surface area contributed by atoms with E-state index in [9.17, 15) is 10.1 Å². The molecule has 0 radical (unpaired) electrons. The summed E-state index contributed by atoms with van der Waals surface area (Å²) in [5, 5.41) is 18.1. The maximum absolute atomic E-state index is 11.5. The molecule has 0 saturated heterocycles. The lowest BCUT2D eigenvalue weighted by atomic mass is 10.3. The van der Waals surface area contributed by atoms with Gasteiger partial charge < -0.3 is 15.2 Å². The molecular weight excluding hydrogens is 356 g/mol. The van der Waals surface area contributed by atoms with Gasteiger partial charge in [0, 0.05) is 30.4 Å². The van der Waals surface area contributed by atoms with E-state index in [0.29, 0.717) is 11.7 Å². The molecule has 0 aliphatic heterocycles. The van der Waals surface area contributed by atoms with Crippen LogP contribution >= 0.6 is 11.3 Å². The molecule has 0 aliphatic carbocycles. The van der Waals surface area contributed by atoms with E-state index in [2.05, 4.69) is 30.6 Å². The fraction of sp³-hybridized carbons (Fsp3) is 0.333. The van der Waals surface area contributed by atoms with Gasteiger partial charge in [-0.15, -0.1) is 11.3 Å². The van der Waals surface area contributed by atoms with Crippen LogP contribution in [0.3, 0.4) is 0 Å². The zero-order valence-corrected chi connectivity index (χ0v) is 15.2.